The summed E-state index contributed by atoms with van der Waals surface area (Å²) in [5, 5.41) is 12.0. The van der Waals surface area contributed by atoms with Gasteiger partial charge in [-0.2, -0.15) is 5.26 Å². The summed E-state index contributed by atoms with van der Waals surface area (Å²) in [6, 6.07) is 7.56. The van der Waals surface area contributed by atoms with Crippen molar-refractivity contribution in [2.75, 3.05) is 19.0 Å². The van der Waals surface area contributed by atoms with Gasteiger partial charge in [0.25, 0.3) is 0 Å². The third-order valence-corrected chi connectivity index (χ3v) is 2.47. The van der Waals surface area contributed by atoms with Crippen LogP contribution in [-0.2, 0) is 9.53 Å². The number of hydrogen-bond donors (Lipinski definition) is 1. The molecule has 0 amide bonds. The lowest BCUT2D eigenvalue weighted by Gasteiger charge is -2.05. The van der Waals surface area contributed by atoms with Crippen LogP contribution in [0.2, 0.25) is 0 Å². The van der Waals surface area contributed by atoms with Gasteiger partial charge >= 0.3 is 5.97 Å². The van der Waals surface area contributed by atoms with Crippen LogP contribution >= 0.6 is 0 Å². The Hall–Kier alpha value is -2.28. The molecule has 0 aliphatic carbocycles. The molecule has 0 bridgehead atoms. The van der Waals surface area contributed by atoms with Crippen LogP contribution in [0.1, 0.15) is 18.1 Å². The van der Waals surface area contributed by atoms with E-state index in [0.717, 1.165) is 16.8 Å². The smallest absolute Gasteiger partial charge is 0.348 e. The number of hydrogen-bond acceptors (Lipinski definition) is 4. The lowest BCUT2D eigenvalue weighted by molar-refractivity contribution is -0.137. The Balaban J connectivity index is 3.07. The summed E-state index contributed by atoms with van der Waals surface area (Å²) >= 11 is 0. The largest absolute Gasteiger partial charge is 0.462 e. The summed E-state index contributed by atoms with van der Waals surface area (Å²) < 4.78 is 4.81. The molecule has 1 rings (SSSR count). The minimum Gasteiger partial charge on any atom is -0.462 e. The first-order chi connectivity index (χ1) is 8.62. The molecule has 0 saturated heterocycles. The van der Waals surface area contributed by atoms with Crippen LogP contribution in [0.4, 0.5) is 5.69 Å². The lowest BCUT2D eigenvalue weighted by atomic mass is 10.1. The Morgan fingerprint density at radius 1 is 1.56 bits per heavy atom. The fourth-order valence-corrected chi connectivity index (χ4v) is 1.49. The molecule has 0 aliphatic heterocycles. The van der Waals surface area contributed by atoms with E-state index in [1.165, 1.54) is 0 Å². The number of ether oxygens (including phenoxy) is 1. The Kier molecular flexibility index (Phi) is 4.94. The second-order valence-electron chi connectivity index (χ2n) is 3.71. The molecular weight excluding hydrogens is 228 g/mol. The molecule has 1 aromatic rings. The maximum absolute atomic E-state index is 11.5. The lowest BCUT2D eigenvalue weighted by Crippen LogP contribution is -2.06. The number of benzene rings is 1. The third-order valence-electron chi connectivity index (χ3n) is 2.47. The maximum Gasteiger partial charge on any atom is 0.348 e. The summed E-state index contributed by atoms with van der Waals surface area (Å²) in [6.07, 6.45) is 1.55. The predicted molar refractivity (Wildman–Crippen MR) is 70.9 cm³/mol. The number of carbonyl (C=O) groups is 1. The normalized spacial score (nSPS) is 10.7. The molecule has 94 valence electrons. The fourth-order valence-electron chi connectivity index (χ4n) is 1.49. The minimum absolute atomic E-state index is 0.0113. The first-order valence-electron chi connectivity index (χ1n) is 5.69. The zero-order valence-corrected chi connectivity index (χ0v) is 10.8. The van der Waals surface area contributed by atoms with Crippen molar-refractivity contribution in [1.82, 2.24) is 0 Å². The number of esters is 1. The van der Waals surface area contributed by atoms with E-state index in [4.69, 9.17) is 10.00 Å². The molecule has 0 unspecified atom stereocenters. The van der Waals surface area contributed by atoms with Crippen LogP contribution in [0.15, 0.2) is 23.8 Å². The van der Waals surface area contributed by atoms with Crippen LogP contribution in [0.3, 0.4) is 0 Å². The number of aryl methyl sites for hydroxylation is 1. The van der Waals surface area contributed by atoms with Gasteiger partial charge in [0.2, 0.25) is 0 Å². The van der Waals surface area contributed by atoms with Crippen molar-refractivity contribution in [3.05, 3.63) is 34.9 Å². The quantitative estimate of drug-likeness (QED) is 0.502. The average Bonchev–Trinajstić information content (AvgIpc) is 2.37. The van der Waals surface area contributed by atoms with E-state index in [1.807, 2.05) is 38.2 Å². The van der Waals surface area contributed by atoms with Crippen molar-refractivity contribution in [3.63, 3.8) is 0 Å². The molecular formula is C14H16N2O2. The summed E-state index contributed by atoms with van der Waals surface area (Å²) in [5.41, 5.74) is 2.81. The molecule has 1 aromatic carbocycles. The Labute approximate surface area is 107 Å². The summed E-state index contributed by atoms with van der Waals surface area (Å²) in [5.74, 6) is -0.586. The van der Waals surface area contributed by atoms with E-state index in [1.54, 1.807) is 13.0 Å². The van der Waals surface area contributed by atoms with Gasteiger partial charge in [-0.25, -0.2) is 4.79 Å². The second-order valence-corrected chi connectivity index (χ2v) is 3.71. The van der Waals surface area contributed by atoms with Gasteiger partial charge in [-0.3, -0.25) is 0 Å². The number of nitrogens with one attached hydrogen (secondary N) is 1. The van der Waals surface area contributed by atoms with Crippen molar-refractivity contribution < 1.29 is 9.53 Å². The number of nitriles is 1. The highest BCUT2D eigenvalue weighted by Gasteiger charge is 2.10. The Morgan fingerprint density at radius 2 is 2.28 bits per heavy atom. The SMILES string of the molecule is CCOC(=O)/C(C#N)=C\c1ccc(NC)cc1C. The highest BCUT2D eigenvalue weighted by Crippen LogP contribution is 2.17. The molecule has 0 heterocycles. The van der Waals surface area contributed by atoms with Gasteiger partial charge in [-0.05, 0) is 43.2 Å². The maximum atomic E-state index is 11.5. The molecule has 18 heavy (non-hydrogen) atoms. The number of rotatable bonds is 4. The van der Waals surface area contributed by atoms with Crippen molar-refractivity contribution in [2.45, 2.75) is 13.8 Å². The van der Waals surface area contributed by atoms with E-state index < -0.39 is 5.97 Å². The molecule has 0 radical (unpaired) electrons. The van der Waals surface area contributed by atoms with Crippen LogP contribution in [-0.4, -0.2) is 19.6 Å². The standard InChI is InChI=1S/C14H16N2O2/c1-4-18-14(17)12(9-15)8-11-5-6-13(16-3)7-10(11)2/h5-8,16H,4H2,1-3H3/b12-8-. The van der Waals surface area contributed by atoms with Gasteiger partial charge in [-0.15, -0.1) is 0 Å². The van der Waals surface area contributed by atoms with Crippen molar-refractivity contribution in [1.29, 1.82) is 5.26 Å². The van der Waals surface area contributed by atoms with Gasteiger partial charge < -0.3 is 10.1 Å². The molecule has 0 spiro atoms. The predicted octanol–water partition coefficient (Wildman–Crippen LogP) is 2.51. The monoisotopic (exact) mass is 244 g/mol. The van der Waals surface area contributed by atoms with Gasteiger partial charge in [0.15, 0.2) is 0 Å². The molecule has 0 aromatic heterocycles. The number of carbonyl (C=O) groups excluding carboxylic acids is 1. The molecule has 0 atom stereocenters. The number of anilines is 1. The molecule has 0 fully saturated rings. The van der Waals surface area contributed by atoms with Crippen LogP contribution < -0.4 is 5.32 Å². The molecule has 0 aliphatic rings. The van der Waals surface area contributed by atoms with Crippen molar-refractivity contribution >= 4 is 17.7 Å². The van der Waals surface area contributed by atoms with E-state index >= 15 is 0 Å². The van der Waals surface area contributed by atoms with E-state index in [2.05, 4.69) is 5.32 Å². The fraction of sp³-hybridized carbons (Fsp3) is 0.286. The first-order valence-corrected chi connectivity index (χ1v) is 5.69. The summed E-state index contributed by atoms with van der Waals surface area (Å²) in [7, 11) is 1.84. The van der Waals surface area contributed by atoms with Crippen molar-refractivity contribution in [3.8, 4) is 6.07 Å². The molecule has 1 N–H and O–H groups in total. The van der Waals surface area contributed by atoms with E-state index in [9.17, 15) is 4.79 Å². The van der Waals surface area contributed by atoms with Gasteiger partial charge in [0, 0.05) is 12.7 Å². The zero-order chi connectivity index (χ0) is 13.5. The highest BCUT2D eigenvalue weighted by molar-refractivity contribution is 5.98. The minimum atomic E-state index is -0.586. The van der Waals surface area contributed by atoms with E-state index in [-0.39, 0.29) is 12.2 Å². The number of nitrogens with zero attached hydrogens (tertiary/aromatic N) is 1. The van der Waals surface area contributed by atoms with Crippen molar-refractivity contribution in [2.24, 2.45) is 0 Å². The first kappa shape index (κ1) is 13.8. The van der Waals surface area contributed by atoms with Crippen LogP contribution in [0.25, 0.3) is 6.08 Å². The Bertz CT molecular complexity index is 513. The summed E-state index contributed by atoms with van der Waals surface area (Å²) in [6.45, 7) is 3.89. The van der Waals surface area contributed by atoms with E-state index in [0.29, 0.717) is 0 Å². The Morgan fingerprint density at radius 3 is 2.78 bits per heavy atom. The molecule has 4 nitrogen and oxygen atoms in total. The zero-order valence-electron chi connectivity index (χ0n) is 10.8. The third kappa shape index (κ3) is 3.36. The topological polar surface area (TPSA) is 62.1 Å². The van der Waals surface area contributed by atoms with Gasteiger partial charge in [0.1, 0.15) is 11.6 Å². The van der Waals surface area contributed by atoms with Crippen LogP contribution in [0.5, 0.6) is 0 Å². The average molecular weight is 244 g/mol. The molecule has 0 saturated carbocycles. The highest BCUT2D eigenvalue weighted by atomic mass is 16.5. The van der Waals surface area contributed by atoms with Gasteiger partial charge in [-0.1, -0.05) is 6.07 Å². The van der Waals surface area contributed by atoms with Gasteiger partial charge in [0.05, 0.1) is 6.61 Å². The molecule has 4 heteroatoms. The summed E-state index contributed by atoms with van der Waals surface area (Å²) in [4.78, 5) is 11.5. The second kappa shape index (κ2) is 6.45. The van der Waals surface area contributed by atoms with Crippen LogP contribution in [0, 0.1) is 18.3 Å².